The van der Waals surface area contributed by atoms with E-state index in [0.717, 1.165) is 0 Å². The van der Waals surface area contributed by atoms with Gasteiger partial charge in [0.2, 0.25) is 0 Å². The number of nitrogens with zero attached hydrogens (tertiary/aromatic N) is 2. The van der Waals surface area contributed by atoms with E-state index in [1.807, 2.05) is 6.07 Å². The van der Waals surface area contributed by atoms with Crippen LogP contribution >= 0.6 is 0 Å². The first-order valence-corrected chi connectivity index (χ1v) is 5.15. The van der Waals surface area contributed by atoms with E-state index >= 15 is 0 Å². The first-order valence-electron chi connectivity index (χ1n) is 5.15. The number of pyridine rings is 1. The number of aromatic hydroxyl groups is 1. The Morgan fingerprint density at radius 1 is 1.22 bits per heavy atom. The largest absolute Gasteiger partial charge is 0.508 e. The van der Waals surface area contributed by atoms with Gasteiger partial charge in [0.05, 0.1) is 5.56 Å². The van der Waals surface area contributed by atoms with E-state index in [1.54, 1.807) is 12.1 Å². The molecule has 0 unspecified atom stereocenters. The summed E-state index contributed by atoms with van der Waals surface area (Å²) in [5.74, 6) is -0.189. The van der Waals surface area contributed by atoms with Crippen LogP contribution in [-0.2, 0) is 0 Å². The molecule has 2 N–H and O–H groups in total. The fourth-order valence-electron chi connectivity index (χ4n) is 1.34. The van der Waals surface area contributed by atoms with E-state index < -0.39 is 0 Å². The van der Waals surface area contributed by atoms with E-state index in [4.69, 9.17) is 10.4 Å². The Morgan fingerprint density at radius 2 is 1.94 bits per heavy atom. The maximum atomic E-state index is 11.8. The third kappa shape index (κ3) is 2.62. The monoisotopic (exact) mass is 239 g/mol. The van der Waals surface area contributed by atoms with Gasteiger partial charge >= 0.3 is 0 Å². The molecule has 5 nitrogen and oxygen atoms in total. The third-order valence-electron chi connectivity index (χ3n) is 2.27. The van der Waals surface area contributed by atoms with Crippen LogP contribution < -0.4 is 5.32 Å². The van der Waals surface area contributed by atoms with Gasteiger partial charge < -0.3 is 10.4 Å². The summed E-state index contributed by atoms with van der Waals surface area (Å²) >= 11 is 0. The molecule has 0 bridgehead atoms. The second-order valence-electron chi connectivity index (χ2n) is 3.54. The highest BCUT2D eigenvalue weighted by atomic mass is 16.3. The maximum absolute atomic E-state index is 11.8. The smallest absolute Gasteiger partial charge is 0.257 e. The Bertz CT molecular complexity index is 598. The molecule has 88 valence electrons. The van der Waals surface area contributed by atoms with Crippen molar-refractivity contribution < 1.29 is 9.90 Å². The van der Waals surface area contributed by atoms with Gasteiger partial charge in [0, 0.05) is 11.9 Å². The molecule has 0 aliphatic heterocycles. The van der Waals surface area contributed by atoms with Crippen LogP contribution in [0.4, 0.5) is 5.69 Å². The minimum absolute atomic E-state index is 0.132. The summed E-state index contributed by atoms with van der Waals surface area (Å²) in [6.07, 6.45) is 1.34. The van der Waals surface area contributed by atoms with Crippen LogP contribution in [0.25, 0.3) is 0 Å². The van der Waals surface area contributed by atoms with Gasteiger partial charge in [-0.25, -0.2) is 4.98 Å². The number of rotatable bonds is 2. The standard InChI is InChI=1S/C13H9N3O2/c14-7-11-2-1-9(8-15-11)13(18)16-10-3-5-12(17)6-4-10/h1-6,8,17H,(H,16,18). The number of anilines is 1. The fraction of sp³-hybridized carbons (Fsp3) is 0. The predicted octanol–water partition coefficient (Wildman–Crippen LogP) is 1.91. The van der Waals surface area contributed by atoms with E-state index in [9.17, 15) is 4.79 Å². The molecular formula is C13H9N3O2. The molecule has 5 heteroatoms. The van der Waals surface area contributed by atoms with E-state index in [0.29, 0.717) is 11.3 Å². The Labute approximate surface area is 103 Å². The number of carbonyl (C=O) groups excluding carboxylic acids is 1. The van der Waals surface area contributed by atoms with E-state index in [2.05, 4.69) is 10.3 Å². The van der Waals surface area contributed by atoms with Gasteiger partial charge in [0.15, 0.2) is 0 Å². The van der Waals surface area contributed by atoms with Crippen molar-refractivity contribution in [3.8, 4) is 11.8 Å². The number of hydrogen-bond acceptors (Lipinski definition) is 4. The van der Waals surface area contributed by atoms with Gasteiger partial charge in [0.1, 0.15) is 17.5 Å². The van der Waals surface area contributed by atoms with Crippen molar-refractivity contribution in [2.24, 2.45) is 0 Å². The van der Waals surface area contributed by atoms with Crippen molar-refractivity contribution in [2.75, 3.05) is 5.32 Å². The molecule has 2 rings (SSSR count). The number of phenolic OH excluding ortho intramolecular Hbond substituents is 1. The molecule has 0 radical (unpaired) electrons. The van der Waals surface area contributed by atoms with E-state index in [1.165, 1.54) is 30.5 Å². The Balaban J connectivity index is 2.12. The van der Waals surface area contributed by atoms with Crippen molar-refractivity contribution in [1.29, 1.82) is 5.26 Å². The summed E-state index contributed by atoms with van der Waals surface area (Å²) in [6, 6.07) is 11.0. The summed E-state index contributed by atoms with van der Waals surface area (Å²) in [4.78, 5) is 15.6. The highest BCUT2D eigenvalue weighted by Crippen LogP contribution is 2.14. The van der Waals surface area contributed by atoms with Gasteiger partial charge in [-0.2, -0.15) is 5.26 Å². The average Bonchev–Trinajstić information content (AvgIpc) is 2.41. The predicted molar refractivity (Wildman–Crippen MR) is 65.0 cm³/mol. The molecule has 0 aliphatic carbocycles. The van der Waals surface area contributed by atoms with Gasteiger partial charge in [-0.15, -0.1) is 0 Å². The van der Waals surface area contributed by atoms with Gasteiger partial charge in [-0.05, 0) is 36.4 Å². The first-order chi connectivity index (χ1) is 8.69. The van der Waals surface area contributed by atoms with Crippen molar-refractivity contribution in [2.45, 2.75) is 0 Å². The number of benzene rings is 1. The highest BCUT2D eigenvalue weighted by molar-refractivity contribution is 6.04. The number of nitrogens with one attached hydrogen (secondary N) is 1. The topological polar surface area (TPSA) is 86.0 Å². The summed E-state index contributed by atoms with van der Waals surface area (Å²) in [5, 5.41) is 20.4. The van der Waals surface area contributed by atoms with Crippen molar-refractivity contribution in [3.63, 3.8) is 0 Å². The Hall–Kier alpha value is -2.87. The molecular weight excluding hydrogens is 230 g/mol. The molecule has 0 saturated heterocycles. The van der Waals surface area contributed by atoms with Crippen LogP contribution in [-0.4, -0.2) is 16.0 Å². The van der Waals surface area contributed by atoms with Crippen LogP contribution in [0.15, 0.2) is 42.6 Å². The molecule has 0 aliphatic rings. The average molecular weight is 239 g/mol. The summed E-state index contributed by atoms with van der Waals surface area (Å²) in [6.45, 7) is 0. The van der Waals surface area contributed by atoms with Crippen LogP contribution in [0.1, 0.15) is 16.1 Å². The minimum atomic E-state index is -0.322. The molecule has 0 atom stereocenters. The SMILES string of the molecule is N#Cc1ccc(C(=O)Nc2ccc(O)cc2)cn1. The molecule has 1 heterocycles. The number of hydrogen-bond donors (Lipinski definition) is 2. The number of nitriles is 1. The van der Waals surface area contributed by atoms with E-state index in [-0.39, 0.29) is 17.4 Å². The number of amides is 1. The van der Waals surface area contributed by atoms with Crippen molar-refractivity contribution >= 4 is 11.6 Å². The molecule has 1 amide bonds. The van der Waals surface area contributed by atoms with Gasteiger partial charge in [-0.1, -0.05) is 0 Å². The van der Waals surface area contributed by atoms with Crippen LogP contribution in [0, 0.1) is 11.3 Å². The lowest BCUT2D eigenvalue weighted by atomic mass is 10.2. The molecule has 0 saturated carbocycles. The lowest BCUT2D eigenvalue weighted by molar-refractivity contribution is 0.102. The molecule has 1 aromatic carbocycles. The normalized spacial score (nSPS) is 9.50. The molecule has 0 spiro atoms. The molecule has 18 heavy (non-hydrogen) atoms. The third-order valence-corrected chi connectivity index (χ3v) is 2.27. The molecule has 0 fully saturated rings. The van der Waals surface area contributed by atoms with Crippen molar-refractivity contribution in [1.82, 2.24) is 4.98 Å². The highest BCUT2D eigenvalue weighted by Gasteiger charge is 2.06. The molecule has 1 aromatic heterocycles. The van der Waals surface area contributed by atoms with Crippen LogP contribution in [0.5, 0.6) is 5.75 Å². The zero-order chi connectivity index (χ0) is 13.0. The Kier molecular flexibility index (Phi) is 3.21. The quantitative estimate of drug-likeness (QED) is 0.784. The number of phenols is 1. The summed E-state index contributed by atoms with van der Waals surface area (Å²) < 4.78 is 0. The zero-order valence-electron chi connectivity index (χ0n) is 9.29. The van der Waals surface area contributed by atoms with Gasteiger partial charge in [0.25, 0.3) is 5.91 Å². The lowest BCUT2D eigenvalue weighted by Crippen LogP contribution is -2.12. The zero-order valence-corrected chi connectivity index (χ0v) is 9.29. The van der Waals surface area contributed by atoms with Crippen LogP contribution in [0.2, 0.25) is 0 Å². The van der Waals surface area contributed by atoms with Gasteiger partial charge in [-0.3, -0.25) is 4.79 Å². The maximum Gasteiger partial charge on any atom is 0.257 e. The molecule has 2 aromatic rings. The first kappa shape index (κ1) is 11.6. The fourth-order valence-corrected chi connectivity index (χ4v) is 1.34. The van der Waals surface area contributed by atoms with Crippen molar-refractivity contribution in [3.05, 3.63) is 53.9 Å². The lowest BCUT2D eigenvalue weighted by Gasteiger charge is -2.04. The number of aromatic nitrogens is 1. The second-order valence-corrected chi connectivity index (χ2v) is 3.54. The summed E-state index contributed by atoms with van der Waals surface area (Å²) in [7, 11) is 0. The number of carbonyl (C=O) groups is 1. The Morgan fingerprint density at radius 3 is 2.50 bits per heavy atom. The second kappa shape index (κ2) is 4.97. The summed E-state index contributed by atoms with van der Waals surface area (Å²) in [5.41, 5.74) is 1.19. The van der Waals surface area contributed by atoms with Crippen LogP contribution in [0.3, 0.4) is 0 Å². The minimum Gasteiger partial charge on any atom is -0.508 e.